The lowest BCUT2D eigenvalue weighted by Gasteiger charge is -2.32. The fraction of sp³-hybridized carbons (Fsp3) is 0.917. The summed E-state index contributed by atoms with van der Waals surface area (Å²) in [5, 5.41) is 3.57. The second-order valence-corrected chi connectivity index (χ2v) is 4.92. The number of piperidine rings is 1. The molecule has 0 aromatic heterocycles. The molecule has 1 aliphatic heterocycles. The van der Waals surface area contributed by atoms with Crippen LogP contribution in [-0.2, 0) is 4.79 Å². The van der Waals surface area contributed by atoms with Gasteiger partial charge in [0.25, 0.3) is 0 Å². The second kappa shape index (κ2) is 6.11. The Morgan fingerprint density at radius 2 is 2.00 bits per heavy atom. The smallest absolute Gasteiger partial charge is 0.219 e. The quantitative estimate of drug-likeness (QED) is 0.768. The Labute approximate surface area is 93.2 Å². The molecule has 0 aromatic carbocycles. The molecule has 0 bridgehead atoms. The van der Waals surface area contributed by atoms with Crippen LogP contribution in [0.5, 0.6) is 0 Å². The molecular weight excluding hydrogens is 188 g/mol. The number of hydrogen-bond acceptors (Lipinski definition) is 2. The van der Waals surface area contributed by atoms with Crippen LogP contribution in [0.15, 0.2) is 0 Å². The molecule has 0 radical (unpaired) electrons. The van der Waals surface area contributed by atoms with Crippen LogP contribution < -0.4 is 5.32 Å². The van der Waals surface area contributed by atoms with Crippen LogP contribution in [0.2, 0.25) is 0 Å². The van der Waals surface area contributed by atoms with Crippen LogP contribution in [0, 0.1) is 5.92 Å². The van der Waals surface area contributed by atoms with Crippen LogP contribution in [-0.4, -0.2) is 36.5 Å². The van der Waals surface area contributed by atoms with Gasteiger partial charge in [0.1, 0.15) is 0 Å². The van der Waals surface area contributed by atoms with Crippen molar-refractivity contribution in [1.82, 2.24) is 10.2 Å². The normalized spacial score (nSPS) is 18.5. The van der Waals surface area contributed by atoms with Gasteiger partial charge in [-0.1, -0.05) is 13.8 Å². The first-order valence-corrected chi connectivity index (χ1v) is 6.08. The summed E-state index contributed by atoms with van der Waals surface area (Å²) in [5.74, 6) is 0.991. The molecule has 1 saturated heterocycles. The highest BCUT2D eigenvalue weighted by Crippen LogP contribution is 2.10. The summed E-state index contributed by atoms with van der Waals surface area (Å²) in [6.45, 7) is 9.12. The Bertz CT molecular complexity index is 196. The molecular formula is C12H24N2O. The first-order valence-electron chi connectivity index (χ1n) is 6.08. The van der Waals surface area contributed by atoms with E-state index in [0.29, 0.717) is 6.04 Å². The van der Waals surface area contributed by atoms with Crippen LogP contribution in [0.1, 0.15) is 40.0 Å². The molecule has 1 aliphatic rings. The first kappa shape index (κ1) is 12.5. The minimum atomic E-state index is 0.218. The van der Waals surface area contributed by atoms with E-state index in [4.69, 9.17) is 0 Å². The van der Waals surface area contributed by atoms with Crippen LogP contribution in [0.25, 0.3) is 0 Å². The third kappa shape index (κ3) is 4.65. The van der Waals surface area contributed by atoms with Crippen molar-refractivity contribution in [1.29, 1.82) is 0 Å². The molecule has 0 saturated carbocycles. The van der Waals surface area contributed by atoms with Gasteiger partial charge >= 0.3 is 0 Å². The molecule has 1 heterocycles. The number of likely N-dealkylation sites (tertiary alicyclic amines) is 1. The largest absolute Gasteiger partial charge is 0.343 e. The van der Waals surface area contributed by atoms with Crippen molar-refractivity contribution in [2.75, 3.05) is 19.6 Å². The predicted octanol–water partition coefficient (Wildman–Crippen LogP) is 1.63. The van der Waals surface area contributed by atoms with Crippen molar-refractivity contribution in [3.05, 3.63) is 0 Å². The predicted molar refractivity (Wildman–Crippen MR) is 62.7 cm³/mol. The maximum atomic E-state index is 11.1. The minimum absolute atomic E-state index is 0.218. The molecule has 3 nitrogen and oxygen atoms in total. The summed E-state index contributed by atoms with van der Waals surface area (Å²) in [6, 6.07) is 0.624. The molecule has 1 N–H and O–H groups in total. The van der Waals surface area contributed by atoms with E-state index in [1.54, 1.807) is 6.92 Å². The Morgan fingerprint density at radius 1 is 1.40 bits per heavy atom. The summed E-state index contributed by atoms with van der Waals surface area (Å²) < 4.78 is 0. The van der Waals surface area contributed by atoms with Gasteiger partial charge in [0.15, 0.2) is 0 Å². The van der Waals surface area contributed by atoms with Gasteiger partial charge in [0, 0.05) is 26.1 Å². The topological polar surface area (TPSA) is 32.3 Å². The Kier molecular flexibility index (Phi) is 5.09. The second-order valence-electron chi connectivity index (χ2n) is 4.92. The van der Waals surface area contributed by atoms with Crippen molar-refractivity contribution >= 4 is 5.91 Å². The molecule has 0 spiro atoms. The number of nitrogens with zero attached hydrogens (tertiary/aromatic N) is 1. The average Bonchev–Trinajstić information content (AvgIpc) is 2.18. The van der Waals surface area contributed by atoms with E-state index >= 15 is 0 Å². The van der Waals surface area contributed by atoms with E-state index in [0.717, 1.165) is 38.4 Å². The zero-order valence-corrected chi connectivity index (χ0v) is 10.3. The van der Waals surface area contributed by atoms with Crippen molar-refractivity contribution in [2.24, 2.45) is 5.92 Å². The minimum Gasteiger partial charge on any atom is -0.343 e. The number of hydrogen-bond donors (Lipinski definition) is 1. The van der Waals surface area contributed by atoms with Crippen molar-refractivity contribution < 1.29 is 4.79 Å². The fourth-order valence-electron chi connectivity index (χ4n) is 1.97. The van der Waals surface area contributed by atoms with E-state index in [-0.39, 0.29) is 5.91 Å². The van der Waals surface area contributed by atoms with E-state index in [1.165, 1.54) is 6.42 Å². The number of nitrogens with one attached hydrogen (secondary N) is 1. The Morgan fingerprint density at radius 3 is 2.47 bits per heavy atom. The molecule has 3 heteroatoms. The summed E-state index contributed by atoms with van der Waals surface area (Å²) in [5.41, 5.74) is 0. The monoisotopic (exact) mass is 212 g/mol. The number of carbonyl (C=O) groups excluding carboxylic acids is 1. The molecule has 15 heavy (non-hydrogen) atoms. The Balaban J connectivity index is 2.12. The third-order valence-corrected chi connectivity index (χ3v) is 3.09. The highest BCUT2D eigenvalue weighted by Gasteiger charge is 2.19. The van der Waals surface area contributed by atoms with E-state index in [9.17, 15) is 4.79 Å². The lowest BCUT2D eigenvalue weighted by atomic mass is 10.0. The van der Waals surface area contributed by atoms with Crippen molar-refractivity contribution in [3.8, 4) is 0 Å². The Hall–Kier alpha value is -0.570. The molecule has 88 valence electrons. The lowest BCUT2D eigenvalue weighted by molar-refractivity contribution is -0.129. The van der Waals surface area contributed by atoms with Crippen molar-refractivity contribution in [2.45, 2.75) is 46.1 Å². The van der Waals surface area contributed by atoms with Crippen LogP contribution in [0.4, 0.5) is 0 Å². The zero-order chi connectivity index (χ0) is 11.3. The van der Waals surface area contributed by atoms with E-state index < -0.39 is 0 Å². The maximum absolute atomic E-state index is 11.1. The lowest BCUT2D eigenvalue weighted by Crippen LogP contribution is -2.44. The van der Waals surface area contributed by atoms with Crippen LogP contribution in [0.3, 0.4) is 0 Å². The van der Waals surface area contributed by atoms with Gasteiger partial charge in [-0.2, -0.15) is 0 Å². The number of carbonyl (C=O) groups is 1. The molecule has 0 aromatic rings. The van der Waals surface area contributed by atoms with Crippen LogP contribution >= 0.6 is 0 Å². The van der Waals surface area contributed by atoms with Gasteiger partial charge in [0.2, 0.25) is 5.91 Å². The molecule has 1 amide bonds. The molecule has 0 aliphatic carbocycles. The zero-order valence-electron chi connectivity index (χ0n) is 10.3. The standard InChI is InChI=1S/C12H24N2O/c1-10(2)4-7-13-12-5-8-14(9-6-12)11(3)15/h10,12-13H,4-9H2,1-3H3. The SMILES string of the molecule is CC(=O)N1CCC(NCCC(C)C)CC1. The first-order chi connectivity index (χ1) is 7.09. The summed E-state index contributed by atoms with van der Waals surface area (Å²) in [7, 11) is 0. The maximum Gasteiger partial charge on any atom is 0.219 e. The van der Waals surface area contributed by atoms with E-state index in [1.807, 2.05) is 4.90 Å². The fourth-order valence-corrected chi connectivity index (χ4v) is 1.97. The molecule has 0 unspecified atom stereocenters. The third-order valence-electron chi connectivity index (χ3n) is 3.09. The van der Waals surface area contributed by atoms with Gasteiger partial charge in [-0.3, -0.25) is 4.79 Å². The average molecular weight is 212 g/mol. The van der Waals surface area contributed by atoms with Gasteiger partial charge < -0.3 is 10.2 Å². The molecule has 0 atom stereocenters. The highest BCUT2D eigenvalue weighted by atomic mass is 16.2. The van der Waals surface area contributed by atoms with E-state index in [2.05, 4.69) is 19.2 Å². The van der Waals surface area contributed by atoms with Crippen molar-refractivity contribution in [3.63, 3.8) is 0 Å². The van der Waals surface area contributed by atoms with Gasteiger partial charge in [-0.15, -0.1) is 0 Å². The number of rotatable bonds is 4. The summed E-state index contributed by atoms with van der Waals surface area (Å²) >= 11 is 0. The van der Waals surface area contributed by atoms with Gasteiger partial charge in [-0.25, -0.2) is 0 Å². The van der Waals surface area contributed by atoms with Gasteiger partial charge in [0.05, 0.1) is 0 Å². The molecule has 1 rings (SSSR count). The summed E-state index contributed by atoms with van der Waals surface area (Å²) in [6.07, 6.45) is 3.46. The molecule has 1 fully saturated rings. The van der Waals surface area contributed by atoms with Gasteiger partial charge in [-0.05, 0) is 31.7 Å². The number of amides is 1. The summed E-state index contributed by atoms with van der Waals surface area (Å²) in [4.78, 5) is 13.1. The highest BCUT2D eigenvalue weighted by molar-refractivity contribution is 5.73.